The van der Waals surface area contributed by atoms with Crippen LogP contribution in [0.3, 0.4) is 0 Å². The number of amides is 2. The topological polar surface area (TPSA) is 54.3 Å². The van der Waals surface area contributed by atoms with Gasteiger partial charge in [0.15, 0.2) is 5.11 Å². The Bertz CT molecular complexity index is 956. The molecule has 134 valence electrons. The van der Waals surface area contributed by atoms with E-state index in [9.17, 15) is 9.59 Å². The highest BCUT2D eigenvalue weighted by Crippen LogP contribution is 2.26. The van der Waals surface area contributed by atoms with Crippen LogP contribution in [0.4, 0.5) is 5.69 Å². The van der Waals surface area contributed by atoms with Crippen molar-refractivity contribution in [2.45, 2.75) is 27.2 Å². The Hall–Kier alpha value is -2.73. The summed E-state index contributed by atoms with van der Waals surface area (Å²) >= 11 is 5.28. The van der Waals surface area contributed by atoms with Gasteiger partial charge >= 0.3 is 0 Å². The fourth-order valence-electron chi connectivity index (χ4n) is 3.09. The Labute approximate surface area is 158 Å². The SMILES string of the molecule is CCc1ccccc1N1C(=O)/C(=C/c2cc(C)n(C)c2C)C(=O)NC1=S. The summed E-state index contributed by atoms with van der Waals surface area (Å²) in [6.45, 7) is 5.96. The van der Waals surface area contributed by atoms with Crippen molar-refractivity contribution < 1.29 is 9.59 Å². The maximum Gasteiger partial charge on any atom is 0.270 e. The Kier molecular flexibility index (Phi) is 4.78. The van der Waals surface area contributed by atoms with Gasteiger partial charge in [-0.2, -0.15) is 0 Å². The van der Waals surface area contributed by atoms with Crippen molar-refractivity contribution in [3.8, 4) is 0 Å². The third-order valence-electron chi connectivity index (χ3n) is 4.83. The number of thiocarbonyl (C=S) groups is 1. The summed E-state index contributed by atoms with van der Waals surface area (Å²) < 4.78 is 2.02. The zero-order valence-electron chi connectivity index (χ0n) is 15.3. The van der Waals surface area contributed by atoms with Gasteiger partial charge in [-0.25, -0.2) is 0 Å². The third-order valence-corrected chi connectivity index (χ3v) is 5.11. The minimum atomic E-state index is -0.467. The number of anilines is 1. The van der Waals surface area contributed by atoms with E-state index in [4.69, 9.17) is 12.2 Å². The molecule has 26 heavy (non-hydrogen) atoms. The van der Waals surface area contributed by atoms with E-state index in [1.807, 2.05) is 62.7 Å². The first-order chi connectivity index (χ1) is 12.3. The van der Waals surface area contributed by atoms with Crippen LogP contribution in [-0.4, -0.2) is 21.5 Å². The van der Waals surface area contributed by atoms with Crippen LogP contribution >= 0.6 is 12.2 Å². The first-order valence-electron chi connectivity index (χ1n) is 8.47. The molecular formula is C20H21N3O2S. The predicted molar refractivity (Wildman–Crippen MR) is 107 cm³/mol. The lowest BCUT2D eigenvalue weighted by Gasteiger charge is -2.30. The summed E-state index contributed by atoms with van der Waals surface area (Å²) in [5.74, 6) is -0.869. The highest BCUT2D eigenvalue weighted by atomic mass is 32.1. The number of carbonyl (C=O) groups is 2. The Morgan fingerprint density at radius 2 is 1.88 bits per heavy atom. The second kappa shape index (κ2) is 6.88. The average Bonchev–Trinajstić information content (AvgIpc) is 2.85. The van der Waals surface area contributed by atoms with Gasteiger partial charge in [-0.15, -0.1) is 0 Å². The molecule has 5 nitrogen and oxygen atoms in total. The van der Waals surface area contributed by atoms with Gasteiger partial charge < -0.3 is 4.57 Å². The van der Waals surface area contributed by atoms with Gasteiger partial charge in [0.1, 0.15) is 5.57 Å². The molecule has 1 aromatic heterocycles. The van der Waals surface area contributed by atoms with Crippen LogP contribution in [0.25, 0.3) is 6.08 Å². The van der Waals surface area contributed by atoms with E-state index in [1.54, 1.807) is 6.08 Å². The molecule has 1 N–H and O–H groups in total. The molecular weight excluding hydrogens is 346 g/mol. The lowest BCUT2D eigenvalue weighted by atomic mass is 10.0. The molecule has 1 aliphatic heterocycles. The molecule has 0 saturated carbocycles. The summed E-state index contributed by atoms with van der Waals surface area (Å²) in [6.07, 6.45) is 2.40. The summed E-state index contributed by atoms with van der Waals surface area (Å²) in [4.78, 5) is 27.0. The van der Waals surface area contributed by atoms with E-state index >= 15 is 0 Å². The van der Waals surface area contributed by atoms with Crippen molar-refractivity contribution in [1.29, 1.82) is 0 Å². The third kappa shape index (κ3) is 2.97. The van der Waals surface area contributed by atoms with E-state index in [0.29, 0.717) is 5.69 Å². The first-order valence-corrected chi connectivity index (χ1v) is 8.88. The van der Waals surface area contributed by atoms with E-state index < -0.39 is 11.8 Å². The molecule has 3 rings (SSSR count). The smallest absolute Gasteiger partial charge is 0.270 e. The van der Waals surface area contributed by atoms with Gasteiger partial charge in [0.05, 0.1) is 5.69 Å². The molecule has 0 aliphatic carbocycles. The number of aromatic nitrogens is 1. The maximum absolute atomic E-state index is 13.1. The van der Waals surface area contributed by atoms with Crippen molar-refractivity contribution in [1.82, 2.24) is 9.88 Å². The number of nitrogens with zero attached hydrogens (tertiary/aromatic N) is 2. The number of rotatable bonds is 3. The number of hydrogen-bond donors (Lipinski definition) is 1. The molecule has 2 heterocycles. The van der Waals surface area contributed by atoms with Crippen LogP contribution in [0.5, 0.6) is 0 Å². The lowest BCUT2D eigenvalue weighted by molar-refractivity contribution is -0.122. The minimum Gasteiger partial charge on any atom is -0.352 e. The quantitative estimate of drug-likeness (QED) is 0.515. The van der Waals surface area contributed by atoms with Crippen LogP contribution in [0.1, 0.15) is 29.4 Å². The van der Waals surface area contributed by atoms with Gasteiger partial charge in [0.2, 0.25) is 0 Å². The van der Waals surface area contributed by atoms with Crippen molar-refractivity contribution in [2.75, 3.05) is 4.90 Å². The molecule has 6 heteroatoms. The van der Waals surface area contributed by atoms with E-state index in [0.717, 1.165) is 28.9 Å². The summed E-state index contributed by atoms with van der Waals surface area (Å²) in [6, 6.07) is 9.53. The zero-order chi connectivity index (χ0) is 19.0. The Balaban J connectivity index is 2.09. The summed E-state index contributed by atoms with van der Waals surface area (Å²) in [5.41, 5.74) is 4.67. The van der Waals surface area contributed by atoms with E-state index in [2.05, 4.69) is 5.32 Å². The molecule has 0 bridgehead atoms. The van der Waals surface area contributed by atoms with Crippen LogP contribution < -0.4 is 10.2 Å². The van der Waals surface area contributed by atoms with Crippen LogP contribution in [0.2, 0.25) is 0 Å². The lowest BCUT2D eigenvalue weighted by Crippen LogP contribution is -2.54. The van der Waals surface area contributed by atoms with Crippen molar-refractivity contribution in [2.24, 2.45) is 7.05 Å². The molecule has 0 radical (unpaired) electrons. The fraction of sp³-hybridized carbons (Fsp3) is 0.250. The first kappa shape index (κ1) is 18.1. The zero-order valence-corrected chi connectivity index (χ0v) is 16.1. The van der Waals surface area contributed by atoms with Gasteiger partial charge in [-0.05, 0) is 61.8 Å². The average molecular weight is 367 g/mol. The molecule has 2 amide bonds. The molecule has 0 atom stereocenters. The number of hydrogen-bond acceptors (Lipinski definition) is 3. The number of nitrogens with one attached hydrogen (secondary N) is 1. The highest BCUT2D eigenvalue weighted by molar-refractivity contribution is 7.80. The number of benzene rings is 1. The van der Waals surface area contributed by atoms with Crippen molar-refractivity contribution >= 4 is 40.9 Å². The van der Waals surface area contributed by atoms with Crippen molar-refractivity contribution in [3.63, 3.8) is 0 Å². The Morgan fingerprint density at radius 1 is 1.19 bits per heavy atom. The van der Waals surface area contributed by atoms with Crippen LogP contribution in [0.15, 0.2) is 35.9 Å². The maximum atomic E-state index is 13.1. The fourth-order valence-corrected chi connectivity index (χ4v) is 3.36. The van der Waals surface area contributed by atoms with Gasteiger partial charge in [-0.1, -0.05) is 25.1 Å². The minimum absolute atomic E-state index is 0.0817. The largest absolute Gasteiger partial charge is 0.352 e. The molecule has 1 saturated heterocycles. The monoisotopic (exact) mass is 367 g/mol. The molecule has 2 aromatic rings. The number of aryl methyl sites for hydroxylation is 2. The molecule has 1 fully saturated rings. The standard InChI is InChI=1S/C20H21N3O2S/c1-5-14-8-6-7-9-17(14)23-19(25)16(18(24)21-20(23)26)11-15-10-12(2)22(4)13(15)3/h6-11H,5H2,1-4H3,(H,21,24,26)/b16-11+. The highest BCUT2D eigenvalue weighted by Gasteiger charge is 2.35. The molecule has 0 spiro atoms. The van der Waals surface area contributed by atoms with Crippen molar-refractivity contribution in [3.05, 3.63) is 58.4 Å². The van der Waals surface area contributed by atoms with Gasteiger partial charge in [-0.3, -0.25) is 19.8 Å². The van der Waals surface area contributed by atoms with E-state index in [-0.39, 0.29) is 10.7 Å². The predicted octanol–water partition coefficient (Wildman–Crippen LogP) is 3.04. The molecule has 1 aromatic carbocycles. The normalized spacial score (nSPS) is 16.4. The second-order valence-corrected chi connectivity index (χ2v) is 6.71. The van der Waals surface area contributed by atoms with Gasteiger partial charge in [0, 0.05) is 18.4 Å². The van der Waals surface area contributed by atoms with E-state index in [1.165, 1.54) is 4.90 Å². The summed E-state index contributed by atoms with van der Waals surface area (Å²) in [7, 11) is 1.95. The van der Waals surface area contributed by atoms with Crippen LogP contribution in [-0.2, 0) is 23.1 Å². The molecule has 0 unspecified atom stereocenters. The Morgan fingerprint density at radius 3 is 2.50 bits per heavy atom. The van der Waals surface area contributed by atoms with Crippen LogP contribution in [0, 0.1) is 13.8 Å². The van der Waals surface area contributed by atoms with Gasteiger partial charge in [0.25, 0.3) is 11.8 Å². The number of carbonyl (C=O) groups excluding carboxylic acids is 2. The summed E-state index contributed by atoms with van der Waals surface area (Å²) in [5, 5.41) is 2.75. The number of para-hydroxylation sites is 1. The second-order valence-electron chi connectivity index (χ2n) is 6.33. The molecule has 1 aliphatic rings.